The Bertz CT molecular complexity index is 987. The molecule has 1 fully saturated rings. The van der Waals surface area contributed by atoms with Crippen LogP contribution in [-0.2, 0) is 14.3 Å². The molecule has 0 bridgehead atoms. The van der Waals surface area contributed by atoms with Gasteiger partial charge in [0.15, 0.2) is 11.5 Å². The Morgan fingerprint density at radius 1 is 1.27 bits per heavy atom. The molecule has 0 saturated heterocycles. The number of halogens is 2. The Kier molecular flexibility index (Phi) is 7.23. The van der Waals surface area contributed by atoms with Gasteiger partial charge in [0.1, 0.15) is 18.0 Å². The van der Waals surface area contributed by atoms with Crippen LogP contribution in [0.2, 0.25) is 0 Å². The summed E-state index contributed by atoms with van der Waals surface area (Å²) in [6, 6.07) is 11.0. The van der Waals surface area contributed by atoms with Crippen molar-refractivity contribution in [1.82, 2.24) is 0 Å². The number of hydrogen-bond acceptors (Lipinski definition) is 6. The molecule has 6 nitrogen and oxygen atoms in total. The van der Waals surface area contributed by atoms with Crippen LogP contribution in [0.25, 0.3) is 0 Å². The Labute approximate surface area is 181 Å². The molecule has 2 aromatic carbocycles. The van der Waals surface area contributed by atoms with E-state index >= 15 is 0 Å². The van der Waals surface area contributed by atoms with Crippen molar-refractivity contribution in [3.8, 4) is 0 Å². The molecule has 1 atom stereocenters. The number of methoxy groups -OCH3 is 1. The zero-order valence-corrected chi connectivity index (χ0v) is 17.8. The second-order valence-electron chi connectivity index (χ2n) is 6.95. The zero-order valence-electron chi connectivity index (χ0n) is 16.2. The molecule has 2 aromatic rings. The molecule has 8 heteroatoms. The second-order valence-corrected chi connectivity index (χ2v) is 7.86. The average molecular weight is 475 g/mol. The maximum atomic E-state index is 14.4. The number of ether oxygens (including phenoxy) is 1. The topological polar surface area (TPSA) is 84.8 Å². The molecule has 3 rings (SSSR count). The van der Waals surface area contributed by atoms with Gasteiger partial charge in [-0.05, 0) is 54.7 Å². The van der Waals surface area contributed by atoms with Crippen molar-refractivity contribution < 1.29 is 23.5 Å². The van der Waals surface area contributed by atoms with Gasteiger partial charge in [-0.2, -0.15) is 5.10 Å². The minimum Gasteiger partial charge on any atom is -0.383 e. The molecular formula is C22H20BrFN2O4. The van der Waals surface area contributed by atoms with E-state index in [1.165, 1.54) is 25.3 Å². The van der Waals surface area contributed by atoms with Crippen LogP contribution in [0, 0.1) is 11.7 Å². The number of para-hydroxylation sites is 1. The summed E-state index contributed by atoms with van der Waals surface area (Å²) in [5, 5.41) is 3.98. The lowest BCUT2D eigenvalue weighted by atomic mass is 9.96. The summed E-state index contributed by atoms with van der Waals surface area (Å²) >= 11 is 3.29. The fourth-order valence-corrected chi connectivity index (χ4v) is 3.26. The van der Waals surface area contributed by atoms with Gasteiger partial charge in [-0.15, -0.1) is 0 Å². The summed E-state index contributed by atoms with van der Waals surface area (Å²) < 4.78 is 20.1. The number of hydrazone groups is 1. The predicted molar refractivity (Wildman–Crippen MR) is 114 cm³/mol. The van der Waals surface area contributed by atoms with E-state index in [1.807, 2.05) is 0 Å². The number of carbonyl (C=O) groups is 3. The molecule has 0 aromatic heterocycles. The largest absolute Gasteiger partial charge is 0.383 e. The van der Waals surface area contributed by atoms with Crippen LogP contribution in [0.3, 0.4) is 0 Å². The Balaban J connectivity index is 1.98. The van der Waals surface area contributed by atoms with E-state index in [2.05, 4.69) is 26.5 Å². The molecule has 30 heavy (non-hydrogen) atoms. The SMILES string of the molecule is COCC(C=O)C(=O)/C(=N\Nc1c(F)cccc1C1CC1)C(=O)c1ccc(Br)cc1. The van der Waals surface area contributed by atoms with Gasteiger partial charge in [0.2, 0.25) is 5.78 Å². The standard InChI is InChI=1S/C22H20BrFN2O4/c1-30-12-15(11-27)22(29)20(21(28)14-7-9-16(23)10-8-14)26-25-19-17(13-5-6-13)3-2-4-18(19)24/h2-4,7-11,13,15,25H,5-6,12H2,1H3/b26-20-. The van der Waals surface area contributed by atoms with Crippen LogP contribution < -0.4 is 5.43 Å². The third-order valence-corrected chi connectivity index (χ3v) is 5.27. The summed E-state index contributed by atoms with van der Waals surface area (Å²) in [5.74, 6) is -2.98. The fraction of sp³-hybridized carbons (Fsp3) is 0.273. The minimum atomic E-state index is -1.20. The van der Waals surface area contributed by atoms with Gasteiger partial charge in [0.05, 0.1) is 12.3 Å². The van der Waals surface area contributed by atoms with Gasteiger partial charge in [-0.1, -0.05) is 28.1 Å². The Hall–Kier alpha value is -2.71. The third kappa shape index (κ3) is 5.06. The first-order valence-electron chi connectivity index (χ1n) is 9.37. The maximum absolute atomic E-state index is 14.4. The van der Waals surface area contributed by atoms with Crippen molar-refractivity contribution in [2.24, 2.45) is 11.0 Å². The van der Waals surface area contributed by atoms with E-state index in [0.29, 0.717) is 6.29 Å². The number of carbonyl (C=O) groups excluding carboxylic acids is 3. The lowest BCUT2D eigenvalue weighted by Gasteiger charge is -2.13. The Morgan fingerprint density at radius 3 is 2.57 bits per heavy atom. The van der Waals surface area contributed by atoms with Crippen molar-refractivity contribution in [3.05, 3.63) is 63.9 Å². The van der Waals surface area contributed by atoms with Gasteiger partial charge in [-0.3, -0.25) is 15.0 Å². The molecule has 1 unspecified atom stereocenters. The van der Waals surface area contributed by atoms with Crippen molar-refractivity contribution in [3.63, 3.8) is 0 Å². The number of rotatable bonds is 10. The van der Waals surface area contributed by atoms with Crippen molar-refractivity contribution in [1.29, 1.82) is 0 Å². The van der Waals surface area contributed by atoms with Crippen LogP contribution in [-0.4, -0.2) is 37.3 Å². The molecule has 0 radical (unpaired) electrons. The predicted octanol–water partition coefficient (Wildman–Crippen LogP) is 4.15. The van der Waals surface area contributed by atoms with Crippen molar-refractivity contribution in [2.75, 3.05) is 19.1 Å². The smallest absolute Gasteiger partial charge is 0.216 e. The third-order valence-electron chi connectivity index (χ3n) is 4.74. The van der Waals surface area contributed by atoms with Crippen LogP contribution in [0.15, 0.2) is 52.0 Å². The van der Waals surface area contributed by atoms with Crippen LogP contribution in [0.4, 0.5) is 10.1 Å². The first kappa shape index (κ1) is 22.0. The van der Waals surface area contributed by atoms with Crippen molar-refractivity contribution >= 4 is 45.2 Å². The summed E-state index contributed by atoms with van der Waals surface area (Å²) in [7, 11) is 1.34. The molecule has 1 N–H and O–H groups in total. The minimum absolute atomic E-state index is 0.128. The second kappa shape index (κ2) is 9.86. The quantitative estimate of drug-likeness (QED) is 0.184. The van der Waals surface area contributed by atoms with E-state index in [9.17, 15) is 18.8 Å². The number of ketones is 2. The first-order valence-corrected chi connectivity index (χ1v) is 10.2. The summed E-state index contributed by atoms with van der Waals surface area (Å²) in [4.78, 5) is 37.3. The van der Waals surface area contributed by atoms with Gasteiger partial charge >= 0.3 is 0 Å². The molecule has 156 valence electrons. The number of hydrogen-bond donors (Lipinski definition) is 1. The molecule has 1 aliphatic carbocycles. The van der Waals surface area contributed by atoms with E-state index in [-0.39, 0.29) is 23.8 Å². The number of benzene rings is 2. The van der Waals surface area contributed by atoms with E-state index in [0.717, 1.165) is 22.9 Å². The monoisotopic (exact) mass is 474 g/mol. The summed E-state index contributed by atoms with van der Waals surface area (Å²) in [6.07, 6.45) is 2.29. The lowest BCUT2D eigenvalue weighted by molar-refractivity contribution is -0.124. The van der Waals surface area contributed by atoms with Gasteiger partial charge < -0.3 is 9.53 Å². The number of anilines is 1. The zero-order chi connectivity index (χ0) is 21.7. The van der Waals surface area contributed by atoms with E-state index < -0.39 is 29.0 Å². The van der Waals surface area contributed by atoms with Crippen molar-refractivity contribution in [2.45, 2.75) is 18.8 Å². The molecule has 1 saturated carbocycles. The maximum Gasteiger partial charge on any atom is 0.216 e. The number of nitrogens with zero attached hydrogens (tertiary/aromatic N) is 1. The highest BCUT2D eigenvalue weighted by atomic mass is 79.9. The molecular weight excluding hydrogens is 455 g/mol. The highest BCUT2D eigenvalue weighted by molar-refractivity contribution is 9.10. The highest BCUT2D eigenvalue weighted by Crippen LogP contribution is 2.44. The summed E-state index contributed by atoms with van der Waals surface area (Å²) in [5.41, 5.74) is 3.17. The molecule has 0 heterocycles. The van der Waals surface area contributed by atoms with Crippen LogP contribution in [0.5, 0.6) is 0 Å². The van der Waals surface area contributed by atoms with Gasteiger partial charge in [0.25, 0.3) is 0 Å². The van der Waals surface area contributed by atoms with Crippen LogP contribution >= 0.6 is 15.9 Å². The lowest BCUT2D eigenvalue weighted by Crippen LogP contribution is -2.34. The highest BCUT2D eigenvalue weighted by Gasteiger charge is 2.31. The average Bonchev–Trinajstić information content (AvgIpc) is 3.58. The number of Topliss-reactive ketones (excluding diaryl/α,β-unsaturated/α-hetero) is 2. The fourth-order valence-electron chi connectivity index (χ4n) is 2.99. The first-order chi connectivity index (χ1) is 14.5. The Morgan fingerprint density at radius 2 is 1.97 bits per heavy atom. The van der Waals surface area contributed by atoms with E-state index in [4.69, 9.17) is 4.74 Å². The molecule has 0 aliphatic heterocycles. The van der Waals surface area contributed by atoms with Gasteiger partial charge in [0, 0.05) is 17.1 Å². The summed E-state index contributed by atoms with van der Waals surface area (Å²) in [6.45, 7) is -0.192. The van der Waals surface area contributed by atoms with Crippen LogP contribution in [0.1, 0.15) is 34.7 Å². The molecule has 0 spiro atoms. The number of aldehydes is 1. The number of nitrogens with one attached hydrogen (secondary N) is 1. The normalized spacial score (nSPS) is 14.8. The molecule has 1 aliphatic rings. The van der Waals surface area contributed by atoms with Gasteiger partial charge in [-0.25, -0.2) is 4.39 Å². The molecule has 0 amide bonds. The van der Waals surface area contributed by atoms with E-state index in [1.54, 1.807) is 24.3 Å².